The molecule has 0 spiro atoms. The Morgan fingerprint density at radius 2 is 1.09 bits per heavy atom. The number of hydrogen-bond acceptors (Lipinski definition) is 3. The molecule has 0 aromatic rings. The van der Waals surface area contributed by atoms with Gasteiger partial charge in [-0.25, -0.2) is 9.13 Å². The molecule has 0 aliphatic rings. The second kappa shape index (κ2) is 5.93. The predicted octanol–water partition coefficient (Wildman–Crippen LogP) is -1.19. The van der Waals surface area contributed by atoms with E-state index in [2.05, 4.69) is 4.31 Å². The molecule has 0 aromatic carbocycles. The van der Waals surface area contributed by atoms with Gasteiger partial charge in [0, 0.05) is 35.9 Å². The summed E-state index contributed by atoms with van der Waals surface area (Å²) in [4.78, 5) is 31.0. The Bertz CT molecular complexity index is 157. The Morgan fingerprint density at radius 1 is 0.909 bits per heavy atom. The summed E-state index contributed by atoms with van der Waals surface area (Å²) in [5.41, 5.74) is 0. The third-order valence-corrected chi connectivity index (χ3v) is 1.91. The molecule has 0 saturated carbocycles. The van der Waals surface area contributed by atoms with Crippen LogP contribution in [0.1, 0.15) is 0 Å². The zero-order valence-electron chi connectivity index (χ0n) is 5.26. The summed E-state index contributed by atoms with van der Waals surface area (Å²) in [6.07, 6.45) is 0. The van der Waals surface area contributed by atoms with Crippen LogP contribution in [0.4, 0.5) is 0 Å². The molecule has 0 rings (SSSR count). The van der Waals surface area contributed by atoms with Gasteiger partial charge < -0.3 is 19.6 Å². The molecule has 0 unspecified atom stereocenters. The van der Waals surface area contributed by atoms with Crippen molar-refractivity contribution < 1.29 is 50.1 Å². The maximum Gasteiger partial charge on any atom is 0.478 e. The number of hydrogen-bond donors (Lipinski definition) is 4. The van der Waals surface area contributed by atoms with E-state index >= 15 is 0 Å². The molecule has 0 saturated heterocycles. The second-order valence-electron chi connectivity index (χ2n) is 1.06. The van der Waals surface area contributed by atoms with Gasteiger partial charge in [0.2, 0.25) is 0 Å². The molecular weight excluding hydrogens is 237 g/mol. The van der Waals surface area contributed by atoms with Crippen LogP contribution in [0.3, 0.4) is 0 Å². The van der Waals surface area contributed by atoms with E-state index in [4.69, 9.17) is 19.6 Å². The Morgan fingerprint density at radius 3 is 1.09 bits per heavy atom. The summed E-state index contributed by atoms with van der Waals surface area (Å²) in [7, 11) is -10.1. The van der Waals surface area contributed by atoms with Gasteiger partial charge >= 0.3 is 15.6 Å². The van der Waals surface area contributed by atoms with Crippen molar-refractivity contribution in [3.05, 3.63) is 0 Å². The third kappa shape index (κ3) is 18.4. The molecule has 65 valence electrons. The molecule has 7 nitrogen and oxygen atoms in total. The molecule has 0 bridgehead atoms. The van der Waals surface area contributed by atoms with E-state index in [-0.39, 0.29) is 35.9 Å². The van der Waals surface area contributed by atoms with E-state index in [1.54, 1.807) is 0 Å². The molecule has 1 radical (unpaired) electrons. The smallest absolute Gasteiger partial charge is 0.302 e. The third-order valence-electron chi connectivity index (χ3n) is 0.213. The standard InChI is InChI=1S/Fe.Li.H4O7P2/c;;1-8(2,3)7-9(4,5)6/h;;(H2,1,2,3)(H2,4,5,6). The van der Waals surface area contributed by atoms with Gasteiger partial charge in [0.05, 0.1) is 0 Å². The van der Waals surface area contributed by atoms with Crippen LogP contribution in [0, 0.1) is 0 Å². The van der Waals surface area contributed by atoms with E-state index in [0.717, 1.165) is 0 Å². The van der Waals surface area contributed by atoms with Crippen LogP contribution in [-0.4, -0.2) is 38.4 Å². The fourth-order valence-electron chi connectivity index (χ4n) is 0.139. The molecule has 0 aliphatic heterocycles. The van der Waals surface area contributed by atoms with Gasteiger partial charge in [-0.1, -0.05) is 0 Å². The van der Waals surface area contributed by atoms with Gasteiger partial charge in [-0.05, 0) is 0 Å². The van der Waals surface area contributed by atoms with E-state index < -0.39 is 15.6 Å². The summed E-state index contributed by atoms with van der Waals surface area (Å²) in [6, 6.07) is 0. The van der Waals surface area contributed by atoms with Crippen molar-refractivity contribution in [3.63, 3.8) is 0 Å². The number of phosphoric acid groups is 2. The van der Waals surface area contributed by atoms with Crippen molar-refractivity contribution in [2.75, 3.05) is 0 Å². The van der Waals surface area contributed by atoms with E-state index in [1.165, 1.54) is 0 Å². The minimum atomic E-state index is -5.05. The zero-order chi connectivity index (χ0) is 7.71. The molecule has 11 heavy (non-hydrogen) atoms. The fraction of sp³-hybridized carbons (Fsp3) is 0. The van der Waals surface area contributed by atoms with E-state index in [9.17, 15) is 9.13 Å². The van der Waals surface area contributed by atoms with Crippen molar-refractivity contribution in [1.82, 2.24) is 0 Å². The quantitative estimate of drug-likeness (QED) is 0.353. The van der Waals surface area contributed by atoms with E-state index in [1.807, 2.05) is 0 Å². The van der Waals surface area contributed by atoms with Gasteiger partial charge in [0.15, 0.2) is 0 Å². The molecule has 0 fully saturated rings. The molecule has 0 amide bonds. The molecule has 4 N–H and O–H groups in total. The summed E-state index contributed by atoms with van der Waals surface area (Å²) in [5.74, 6) is 0. The Hall–Kier alpha value is 1.38. The van der Waals surface area contributed by atoms with Crippen LogP contribution in [0.15, 0.2) is 0 Å². The van der Waals surface area contributed by atoms with Crippen LogP contribution >= 0.6 is 15.6 Å². The van der Waals surface area contributed by atoms with Gasteiger partial charge in [-0.3, -0.25) is 0 Å². The fourth-order valence-corrected chi connectivity index (χ4v) is 1.25. The first-order valence-corrected chi connectivity index (χ1v) is 4.59. The molecule has 0 heterocycles. The summed E-state index contributed by atoms with van der Waals surface area (Å²) < 4.78 is 22.2. The topological polar surface area (TPSA) is 124 Å². The van der Waals surface area contributed by atoms with Crippen molar-refractivity contribution >= 4 is 34.5 Å². The predicted molar refractivity (Wildman–Crippen MR) is 30.9 cm³/mol. The molecule has 11 heteroatoms. The second-order valence-corrected chi connectivity index (χ2v) is 3.68. The SMILES string of the molecule is O=P(O)(O)OP(=O)(O)O.[Fe].[Li]. The summed E-state index contributed by atoms with van der Waals surface area (Å²) >= 11 is 0. The normalized spacial score (nSPS) is 11.3. The first-order valence-electron chi connectivity index (χ1n) is 1.53. The monoisotopic (exact) mass is 241 g/mol. The molecular formula is H4FeLiO7P2. The van der Waals surface area contributed by atoms with Crippen molar-refractivity contribution in [3.8, 4) is 0 Å². The minimum absolute atomic E-state index is 0. The van der Waals surface area contributed by atoms with Crippen LogP contribution < -0.4 is 0 Å². The van der Waals surface area contributed by atoms with Crippen LogP contribution in [0.5, 0.6) is 0 Å². The van der Waals surface area contributed by atoms with Gasteiger partial charge in [0.1, 0.15) is 0 Å². The Kier molecular flexibility index (Phi) is 9.82. The minimum Gasteiger partial charge on any atom is -0.302 e. The largest absolute Gasteiger partial charge is 0.478 e. The maximum absolute atomic E-state index is 9.63. The van der Waals surface area contributed by atoms with Gasteiger partial charge in [0.25, 0.3) is 0 Å². The van der Waals surface area contributed by atoms with Crippen LogP contribution in [-0.2, 0) is 30.5 Å². The first kappa shape index (κ1) is 18.2. The summed E-state index contributed by atoms with van der Waals surface area (Å²) in [6.45, 7) is 0. The average molecular weight is 241 g/mol. The molecule has 0 atom stereocenters. The first-order chi connectivity index (χ1) is 3.71. The van der Waals surface area contributed by atoms with Crippen molar-refractivity contribution in [2.45, 2.75) is 0 Å². The van der Waals surface area contributed by atoms with Gasteiger partial charge in [-0.15, -0.1) is 0 Å². The van der Waals surface area contributed by atoms with Crippen LogP contribution in [0.2, 0.25) is 0 Å². The molecule has 0 aliphatic carbocycles. The van der Waals surface area contributed by atoms with Crippen LogP contribution in [0.25, 0.3) is 0 Å². The van der Waals surface area contributed by atoms with Gasteiger partial charge in [-0.2, -0.15) is 4.31 Å². The molecule has 0 aromatic heterocycles. The van der Waals surface area contributed by atoms with E-state index in [0.29, 0.717) is 0 Å². The number of rotatable bonds is 2. The Balaban J connectivity index is -0.000000320. The van der Waals surface area contributed by atoms with Crippen molar-refractivity contribution in [2.24, 2.45) is 0 Å². The zero-order valence-corrected chi connectivity index (χ0v) is 8.15. The maximum atomic E-state index is 9.63. The van der Waals surface area contributed by atoms with Crippen molar-refractivity contribution in [1.29, 1.82) is 0 Å². The Labute approximate surface area is 84.7 Å². The summed E-state index contributed by atoms with van der Waals surface area (Å²) in [5, 5.41) is 0. The average Bonchev–Trinajstić information content (AvgIpc) is 1.14.